The van der Waals surface area contributed by atoms with E-state index in [1.807, 2.05) is 13.8 Å². The van der Waals surface area contributed by atoms with Gasteiger partial charge in [-0.25, -0.2) is 0 Å². The predicted octanol–water partition coefficient (Wildman–Crippen LogP) is 2.32. The SMILES string of the molecule is CC1(CNCCC(C)(C)C(N)=NO)CCCC1. The summed E-state index contributed by atoms with van der Waals surface area (Å²) in [6.45, 7) is 8.36. The Hall–Kier alpha value is -0.770. The number of rotatable bonds is 6. The molecule has 1 aliphatic carbocycles. The van der Waals surface area contributed by atoms with E-state index < -0.39 is 0 Å². The first-order valence-corrected chi connectivity index (χ1v) is 6.58. The van der Waals surface area contributed by atoms with Gasteiger partial charge in [0.2, 0.25) is 0 Å². The summed E-state index contributed by atoms with van der Waals surface area (Å²) in [6, 6.07) is 0. The monoisotopic (exact) mass is 241 g/mol. The minimum atomic E-state index is -0.238. The topological polar surface area (TPSA) is 70.6 Å². The standard InChI is InChI=1S/C13H27N3O/c1-12(2,11(14)16-17)8-9-15-10-13(3)6-4-5-7-13/h15,17H,4-10H2,1-3H3,(H2,14,16). The molecule has 100 valence electrons. The highest BCUT2D eigenvalue weighted by Crippen LogP contribution is 2.36. The third-order valence-electron chi connectivity index (χ3n) is 4.09. The fourth-order valence-electron chi connectivity index (χ4n) is 2.46. The van der Waals surface area contributed by atoms with Crippen LogP contribution in [-0.4, -0.2) is 24.1 Å². The number of hydrogen-bond donors (Lipinski definition) is 3. The normalized spacial score (nSPS) is 20.8. The van der Waals surface area contributed by atoms with Crippen LogP contribution in [0.5, 0.6) is 0 Å². The largest absolute Gasteiger partial charge is 0.409 e. The van der Waals surface area contributed by atoms with E-state index in [4.69, 9.17) is 10.9 Å². The Labute approximate surface area is 105 Å². The van der Waals surface area contributed by atoms with Crippen molar-refractivity contribution < 1.29 is 5.21 Å². The average Bonchev–Trinajstić information content (AvgIpc) is 2.71. The Morgan fingerprint density at radius 1 is 1.41 bits per heavy atom. The van der Waals surface area contributed by atoms with E-state index in [1.54, 1.807) is 0 Å². The van der Waals surface area contributed by atoms with Crippen LogP contribution in [0.2, 0.25) is 0 Å². The van der Waals surface area contributed by atoms with E-state index in [9.17, 15) is 0 Å². The van der Waals surface area contributed by atoms with Gasteiger partial charge in [0, 0.05) is 12.0 Å². The lowest BCUT2D eigenvalue weighted by atomic mass is 9.87. The van der Waals surface area contributed by atoms with Crippen molar-refractivity contribution in [1.82, 2.24) is 5.32 Å². The van der Waals surface area contributed by atoms with Crippen molar-refractivity contribution >= 4 is 5.84 Å². The molecule has 0 atom stereocenters. The van der Waals surface area contributed by atoms with Crippen LogP contribution in [0.1, 0.15) is 52.9 Å². The summed E-state index contributed by atoms with van der Waals surface area (Å²) >= 11 is 0. The number of nitrogens with zero attached hydrogens (tertiary/aromatic N) is 1. The zero-order chi connectivity index (χ0) is 12.9. The van der Waals surface area contributed by atoms with Gasteiger partial charge in [-0.05, 0) is 31.2 Å². The molecule has 0 amide bonds. The molecule has 0 aromatic rings. The number of nitrogens with one attached hydrogen (secondary N) is 1. The first kappa shape index (κ1) is 14.3. The second kappa shape index (κ2) is 5.71. The van der Waals surface area contributed by atoms with Gasteiger partial charge < -0.3 is 16.3 Å². The molecule has 1 saturated carbocycles. The van der Waals surface area contributed by atoms with E-state index in [2.05, 4.69) is 17.4 Å². The van der Waals surface area contributed by atoms with Gasteiger partial charge in [-0.3, -0.25) is 0 Å². The summed E-state index contributed by atoms with van der Waals surface area (Å²) in [5, 5.41) is 15.3. The van der Waals surface area contributed by atoms with Crippen LogP contribution in [0.4, 0.5) is 0 Å². The molecule has 0 saturated heterocycles. The third-order valence-corrected chi connectivity index (χ3v) is 4.09. The molecule has 4 nitrogen and oxygen atoms in total. The van der Waals surface area contributed by atoms with Crippen LogP contribution in [0, 0.1) is 10.8 Å². The van der Waals surface area contributed by atoms with Gasteiger partial charge in [0.25, 0.3) is 0 Å². The van der Waals surface area contributed by atoms with Crippen molar-refractivity contribution in [2.75, 3.05) is 13.1 Å². The molecular formula is C13H27N3O. The smallest absolute Gasteiger partial charge is 0.144 e. The van der Waals surface area contributed by atoms with Crippen molar-refractivity contribution in [3.63, 3.8) is 0 Å². The second-order valence-electron chi connectivity index (χ2n) is 6.31. The van der Waals surface area contributed by atoms with Crippen LogP contribution in [0.3, 0.4) is 0 Å². The average molecular weight is 241 g/mol. The first-order valence-electron chi connectivity index (χ1n) is 6.58. The lowest BCUT2D eigenvalue weighted by molar-refractivity contribution is 0.295. The maximum absolute atomic E-state index is 8.68. The summed E-state index contributed by atoms with van der Waals surface area (Å²) in [6.07, 6.45) is 6.30. The van der Waals surface area contributed by atoms with Crippen molar-refractivity contribution in [3.05, 3.63) is 0 Å². The Morgan fingerprint density at radius 3 is 2.53 bits per heavy atom. The molecule has 0 aromatic carbocycles. The quantitative estimate of drug-likeness (QED) is 0.220. The molecule has 0 aliphatic heterocycles. The van der Waals surface area contributed by atoms with Crippen LogP contribution in [0.25, 0.3) is 0 Å². The molecule has 4 N–H and O–H groups in total. The van der Waals surface area contributed by atoms with E-state index in [0.717, 1.165) is 19.5 Å². The summed E-state index contributed by atoms with van der Waals surface area (Å²) in [7, 11) is 0. The molecule has 0 bridgehead atoms. The molecule has 0 radical (unpaired) electrons. The second-order valence-corrected chi connectivity index (χ2v) is 6.31. The van der Waals surface area contributed by atoms with Crippen LogP contribution in [0.15, 0.2) is 5.16 Å². The van der Waals surface area contributed by atoms with Gasteiger partial charge in [-0.15, -0.1) is 0 Å². The number of hydrogen-bond acceptors (Lipinski definition) is 3. The van der Waals surface area contributed by atoms with Crippen LogP contribution < -0.4 is 11.1 Å². The maximum Gasteiger partial charge on any atom is 0.144 e. The highest BCUT2D eigenvalue weighted by Gasteiger charge is 2.28. The number of oxime groups is 1. The Balaban J connectivity index is 2.24. The van der Waals surface area contributed by atoms with E-state index in [0.29, 0.717) is 11.3 Å². The lowest BCUT2D eigenvalue weighted by Crippen LogP contribution is -2.37. The van der Waals surface area contributed by atoms with Crippen molar-refractivity contribution in [2.24, 2.45) is 21.7 Å². The zero-order valence-corrected chi connectivity index (χ0v) is 11.4. The Morgan fingerprint density at radius 2 is 2.00 bits per heavy atom. The molecule has 4 heteroatoms. The Bertz CT molecular complexity index is 268. The molecule has 1 aliphatic rings. The lowest BCUT2D eigenvalue weighted by Gasteiger charge is -2.26. The number of amidine groups is 1. The molecule has 1 rings (SSSR count). The fraction of sp³-hybridized carbons (Fsp3) is 0.923. The molecule has 0 spiro atoms. The Kier molecular flexibility index (Phi) is 4.80. The highest BCUT2D eigenvalue weighted by atomic mass is 16.4. The minimum Gasteiger partial charge on any atom is -0.409 e. The van der Waals surface area contributed by atoms with Crippen molar-refractivity contribution in [3.8, 4) is 0 Å². The van der Waals surface area contributed by atoms with Crippen LogP contribution in [-0.2, 0) is 0 Å². The van der Waals surface area contributed by atoms with E-state index >= 15 is 0 Å². The van der Waals surface area contributed by atoms with Gasteiger partial charge in [-0.1, -0.05) is 38.8 Å². The van der Waals surface area contributed by atoms with Gasteiger partial charge in [-0.2, -0.15) is 0 Å². The van der Waals surface area contributed by atoms with E-state index in [-0.39, 0.29) is 5.41 Å². The zero-order valence-electron chi connectivity index (χ0n) is 11.4. The van der Waals surface area contributed by atoms with Gasteiger partial charge in [0.05, 0.1) is 0 Å². The summed E-state index contributed by atoms with van der Waals surface area (Å²) in [5.41, 5.74) is 5.90. The summed E-state index contributed by atoms with van der Waals surface area (Å²) in [5.74, 6) is 0.311. The molecule has 17 heavy (non-hydrogen) atoms. The summed E-state index contributed by atoms with van der Waals surface area (Å²) < 4.78 is 0. The molecule has 0 aromatic heterocycles. The van der Waals surface area contributed by atoms with Gasteiger partial charge in [0.1, 0.15) is 5.84 Å². The molecule has 1 fully saturated rings. The first-order chi connectivity index (χ1) is 7.90. The van der Waals surface area contributed by atoms with Crippen LogP contribution >= 0.6 is 0 Å². The molecule has 0 heterocycles. The molecule has 0 unspecified atom stereocenters. The van der Waals surface area contributed by atoms with Crippen molar-refractivity contribution in [2.45, 2.75) is 52.9 Å². The fourth-order valence-corrected chi connectivity index (χ4v) is 2.46. The number of nitrogens with two attached hydrogens (primary N) is 1. The highest BCUT2D eigenvalue weighted by molar-refractivity contribution is 5.85. The predicted molar refractivity (Wildman–Crippen MR) is 71.3 cm³/mol. The van der Waals surface area contributed by atoms with Gasteiger partial charge >= 0.3 is 0 Å². The van der Waals surface area contributed by atoms with Gasteiger partial charge in [0.15, 0.2) is 0 Å². The maximum atomic E-state index is 8.68. The minimum absolute atomic E-state index is 0.238. The molecular weight excluding hydrogens is 214 g/mol. The summed E-state index contributed by atoms with van der Waals surface area (Å²) in [4.78, 5) is 0. The van der Waals surface area contributed by atoms with Crippen molar-refractivity contribution in [1.29, 1.82) is 0 Å². The third kappa shape index (κ3) is 4.19. The van der Waals surface area contributed by atoms with E-state index in [1.165, 1.54) is 25.7 Å².